The monoisotopic (exact) mass is 508 g/mol. The average Bonchev–Trinajstić information content (AvgIpc) is 3.14. The Morgan fingerprint density at radius 3 is 2.66 bits per heavy atom. The van der Waals surface area contributed by atoms with Gasteiger partial charge in [-0.1, -0.05) is 86.6 Å². The highest BCUT2D eigenvalue weighted by Crippen LogP contribution is 2.33. The molecule has 3 heterocycles. The zero-order valence-corrected chi connectivity index (χ0v) is 21.1. The van der Waals surface area contributed by atoms with E-state index in [0.717, 1.165) is 31.2 Å². The van der Waals surface area contributed by atoms with Crippen molar-refractivity contribution in [2.24, 2.45) is 0 Å². The molecule has 2 aromatic heterocycles. The van der Waals surface area contributed by atoms with Gasteiger partial charge in [0.15, 0.2) is 0 Å². The summed E-state index contributed by atoms with van der Waals surface area (Å²) in [5.74, 6) is 0.119. The molecular weight excluding hydrogens is 480 g/mol. The van der Waals surface area contributed by atoms with Crippen LogP contribution in [0, 0.1) is 0 Å². The van der Waals surface area contributed by atoms with E-state index in [4.69, 9.17) is 12.2 Å². The zero-order chi connectivity index (χ0) is 24.8. The predicted molar refractivity (Wildman–Crippen MR) is 145 cm³/mol. The third kappa shape index (κ3) is 5.80. The van der Waals surface area contributed by atoms with Gasteiger partial charge >= 0.3 is 0 Å². The number of carbonyl (C=O) groups excluding carboxylic acids is 1. The van der Waals surface area contributed by atoms with Crippen LogP contribution in [-0.2, 0) is 4.79 Å². The maximum Gasteiger partial charge on any atom is 0.267 e. The van der Waals surface area contributed by atoms with Crippen molar-refractivity contribution in [3.05, 3.63) is 81.1 Å². The number of unbranched alkanes of at least 4 members (excludes halogenated alkanes) is 3. The van der Waals surface area contributed by atoms with E-state index in [2.05, 4.69) is 17.2 Å². The lowest BCUT2D eigenvalue weighted by molar-refractivity contribution is -0.122. The number of thioether (sulfide) groups is 1. The summed E-state index contributed by atoms with van der Waals surface area (Å²) >= 11 is 6.65. The Labute approximate surface area is 213 Å². The lowest BCUT2D eigenvalue weighted by Crippen LogP contribution is -2.29. The Bertz CT molecular complexity index is 1310. The standard InChI is InChI=1S/C26H28N4O3S2/c1-2-3-4-9-15-30-25(33)21(35-26(30)34)16-19-23(27-17-20(31)18-11-6-5-7-12-18)28-22-13-8-10-14-29(22)24(19)32/h5-8,10-14,16,20,27,31H,2-4,9,15,17H2,1H3/b21-16-/t20-/m0/s1. The van der Waals surface area contributed by atoms with E-state index in [-0.39, 0.29) is 23.6 Å². The first-order valence-corrected chi connectivity index (χ1v) is 13.0. The molecule has 3 aromatic rings. The number of aromatic nitrogens is 2. The number of nitrogens with one attached hydrogen (secondary N) is 1. The number of aliphatic hydroxyl groups excluding tert-OH is 1. The van der Waals surface area contributed by atoms with Gasteiger partial charge in [0.05, 0.1) is 16.6 Å². The molecule has 0 aliphatic carbocycles. The molecule has 1 amide bonds. The molecule has 1 aliphatic rings. The van der Waals surface area contributed by atoms with Crippen molar-refractivity contribution in [1.82, 2.24) is 14.3 Å². The van der Waals surface area contributed by atoms with Crippen molar-refractivity contribution in [3.63, 3.8) is 0 Å². The summed E-state index contributed by atoms with van der Waals surface area (Å²) in [5.41, 5.74) is 1.17. The highest BCUT2D eigenvalue weighted by molar-refractivity contribution is 8.26. The Hall–Kier alpha value is -3.01. The van der Waals surface area contributed by atoms with E-state index in [0.29, 0.717) is 27.2 Å². The van der Waals surface area contributed by atoms with Crippen LogP contribution in [0.3, 0.4) is 0 Å². The van der Waals surface area contributed by atoms with Crippen LogP contribution < -0.4 is 10.9 Å². The molecule has 7 nitrogen and oxygen atoms in total. The quantitative estimate of drug-likeness (QED) is 0.235. The Morgan fingerprint density at radius 2 is 1.89 bits per heavy atom. The van der Waals surface area contributed by atoms with Gasteiger partial charge in [-0.3, -0.25) is 18.9 Å². The smallest absolute Gasteiger partial charge is 0.267 e. The molecule has 0 saturated carbocycles. The van der Waals surface area contributed by atoms with Crippen molar-refractivity contribution in [3.8, 4) is 0 Å². The molecule has 4 rings (SSSR count). The van der Waals surface area contributed by atoms with Crippen LogP contribution in [0.15, 0.2) is 64.4 Å². The largest absolute Gasteiger partial charge is 0.387 e. The van der Waals surface area contributed by atoms with Gasteiger partial charge in [0.1, 0.15) is 15.8 Å². The minimum absolute atomic E-state index is 0.151. The lowest BCUT2D eigenvalue weighted by atomic mass is 10.1. The summed E-state index contributed by atoms with van der Waals surface area (Å²) in [4.78, 5) is 33.1. The van der Waals surface area contributed by atoms with Crippen LogP contribution in [0.4, 0.5) is 5.82 Å². The van der Waals surface area contributed by atoms with Crippen molar-refractivity contribution >= 4 is 51.7 Å². The van der Waals surface area contributed by atoms with Gasteiger partial charge in [0.2, 0.25) is 0 Å². The maximum absolute atomic E-state index is 13.4. The Balaban J connectivity index is 1.64. The second-order valence-electron chi connectivity index (χ2n) is 8.31. The average molecular weight is 509 g/mol. The van der Waals surface area contributed by atoms with Gasteiger partial charge < -0.3 is 10.4 Å². The van der Waals surface area contributed by atoms with Crippen LogP contribution >= 0.6 is 24.0 Å². The number of anilines is 1. The van der Waals surface area contributed by atoms with E-state index in [1.165, 1.54) is 16.2 Å². The molecule has 1 aliphatic heterocycles. The number of rotatable bonds is 10. The first-order valence-electron chi connectivity index (χ1n) is 11.7. The summed E-state index contributed by atoms with van der Waals surface area (Å²) in [7, 11) is 0. The topological polar surface area (TPSA) is 86.9 Å². The molecule has 1 atom stereocenters. The number of fused-ring (bicyclic) bond motifs is 1. The molecule has 0 radical (unpaired) electrons. The van der Waals surface area contributed by atoms with Gasteiger partial charge in [-0.15, -0.1) is 0 Å². The van der Waals surface area contributed by atoms with Crippen molar-refractivity contribution < 1.29 is 9.90 Å². The van der Waals surface area contributed by atoms with Crippen LogP contribution in [0.2, 0.25) is 0 Å². The van der Waals surface area contributed by atoms with Gasteiger partial charge in [-0.05, 0) is 30.2 Å². The van der Waals surface area contributed by atoms with Crippen molar-refractivity contribution in [2.75, 3.05) is 18.4 Å². The molecule has 1 aromatic carbocycles. The lowest BCUT2D eigenvalue weighted by Gasteiger charge is -2.15. The number of aliphatic hydroxyl groups is 1. The van der Waals surface area contributed by atoms with E-state index in [1.54, 1.807) is 35.4 Å². The predicted octanol–water partition coefficient (Wildman–Crippen LogP) is 4.62. The summed E-state index contributed by atoms with van der Waals surface area (Å²) < 4.78 is 1.94. The Kier molecular flexibility index (Phi) is 8.33. The zero-order valence-electron chi connectivity index (χ0n) is 19.5. The highest BCUT2D eigenvalue weighted by atomic mass is 32.2. The normalized spacial score (nSPS) is 15.8. The van der Waals surface area contributed by atoms with Crippen LogP contribution in [0.5, 0.6) is 0 Å². The summed E-state index contributed by atoms with van der Waals surface area (Å²) in [5, 5.41) is 13.7. The first kappa shape index (κ1) is 25.1. The summed E-state index contributed by atoms with van der Waals surface area (Å²) in [6, 6.07) is 14.6. The van der Waals surface area contributed by atoms with Crippen LogP contribution in [0.1, 0.15) is 49.8 Å². The molecule has 1 fully saturated rings. The fourth-order valence-electron chi connectivity index (χ4n) is 3.87. The molecule has 0 bridgehead atoms. The number of benzene rings is 1. The SMILES string of the molecule is CCCCCCN1C(=O)/C(=C/c2c(NC[C@H](O)c3ccccc3)nc3ccccn3c2=O)SC1=S. The van der Waals surface area contributed by atoms with E-state index in [1.807, 2.05) is 30.3 Å². The first-order chi connectivity index (χ1) is 17.0. The summed E-state index contributed by atoms with van der Waals surface area (Å²) in [6.45, 7) is 2.87. The fourth-order valence-corrected chi connectivity index (χ4v) is 5.16. The molecule has 9 heteroatoms. The Morgan fingerprint density at radius 1 is 1.11 bits per heavy atom. The number of carbonyl (C=O) groups is 1. The van der Waals surface area contributed by atoms with Crippen LogP contribution in [-0.4, -0.2) is 42.7 Å². The second kappa shape index (κ2) is 11.6. The van der Waals surface area contributed by atoms with E-state index in [9.17, 15) is 14.7 Å². The van der Waals surface area contributed by atoms with Crippen molar-refractivity contribution in [1.29, 1.82) is 0 Å². The summed E-state index contributed by atoms with van der Waals surface area (Å²) in [6.07, 6.45) is 6.58. The number of nitrogens with zero attached hydrogens (tertiary/aromatic N) is 3. The minimum atomic E-state index is -0.790. The van der Waals surface area contributed by atoms with E-state index < -0.39 is 6.10 Å². The molecular formula is C26H28N4O3S2. The van der Waals surface area contributed by atoms with Gasteiger partial charge in [-0.25, -0.2) is 4.98 Å². The third-order valence-corrected chi connectivity index (χ3v) is 7.18. The highest BCUT2D eigenvalue weighted by Gasteiger charge is 2.32. The van der Waals surface area contributed by atoms with Crippen molar-refractivity contribution in [2.45, 2.75) is 38.7 Å². The van der Waals surface area contributed by atoms with E-state index >= 15 is 0 Å². The number of thiocarbonyl (C=S) groups is 1. The molecule has 0 spiro atoms. The molecule has 0 unspecified atom stereocenters. The minimum Gasteiger partial charge on any atom is -0.387 e. The third-order valence-electron chi connectivity index (χ3n) is 5.80. The molecule has 35 heavy (non-hydrogen) atoms. The maximum atomic E-state index is 13.4. The second-order valence-corrected chi connectivity index (χ2v) is 9.99. The molecule has 2 N–H and O–H groups in total. The number of pyridine rings is 1. The fraction of sp³-hybridized carbons (Fsp3) is 0.308. The number of hydrogen-bond donors (Lipinski definition) is 2. The number of hydrogen-bond acceptors (Lipinski definition) is 7. The van der Waals surface area contributed by atoms with Gasteiger partial charge in [-0.2, -0.15) is 0 Å². The van der Waals surface area contributed by atoms with Gasteiger partial charge in [0, 0.05) is 19.3 Å². The molecule has 1 saturated heterocycles. The molecule has 182 valence electrons. The van der Waals surface area contributed by atoms with Gasteiger partial charge in [0.25, 0.3) is 11.5 Å². The van der Waals surface area contributed by atoms with Crippen LogP contribution in [0.25, 0.3) is 11.7 Å². The number of amides is 1.